The number of rotatable bonds is 5. The van der Waals surface area contributed by atoms with Gasteiger partial charge in [0.1, 0.15) is 0 Å². The fourth-order valence-electron chi connectivity index (χ4n) is 1.86. The van der Waals surface area contributed by atoms with E-state index in [4.69, 9.17) is 11.6 Å². The van der Waals surface area contributed by atoms with Crippen molar-refractivity contribution >= 4 is 28.2 Å². The van der Waals surface area contributed by atoms with E-state index in [0.29, 0.717) is 16.3 Å². The summed E-state index contributed by atoms with van der Waals surface area (Å²) >= 11 is 5.87. The minimum atomic E-state index is -1.25. The van der Waals surface area contributed by atoms with E-state index in [2.05, 4.69) is 0 Å². The topological polar surface area (TPSA) is 34.1 Å². The molecule has 4 heteroatoms. The summed E-state index contributed by atoms with van der Waals surface area (Å²) in [5.74, 6) is 0.246. The molecule has 0 spiro atoms. The molecular weight excluding hydrogens is 292 g/mol. The van der Waals surface area contributed by atoms with Gasteiger partial charge < -0.3 is 0 Å². The summed E-state index contributed by atoms with van der Waals surface area (Å²) in [6.45, 7) is 1.70. The number of benzene rings is 2. The first-order valence-electron chi connectivity index (χ1n) is 6.29. The predicted octanol–water partition coefficient (Wildman–Crippen LogP) is 3.86. The number of carbonyl (C=O) groups is 1. The fourth-order valence-corrected chi connectivity index (χ4v) is 3.20. The Hall–Kier alpha value is -1.45. The normalized spacial score (nSPS) is 13.7. The lowest BCUT2D eigenvalue weighted by atomic mass is 10.1. The van der Waals surface area contributed by atoms with Crippen LogP contribution in [0.2, 0.25) is 5.02 Å². The molecule has 2 aromatic rings. The summed E-state index contributed by atoms with van der Waals surface area (Å²) in [4.78, 5) is 12.3. The molecule has 0 aliphatic heterocycles. The van der Waals surface area contributed by atoms with E-state index in [9.17, 15) is 9.00 Å². The van der Waals surface area contributed by atoms with Gasteiger partial charge in [0, 0.05) is 27.1 Å². The van der Waals surface area contributed by atoms with Crippen LogP contribution in [0.15, 0.2) is 54.6 Å². The number of hydrogen-bond acceptors (Lipinski definition) is 2. The highest BCUT2D eigenvalue weighted by atomic mass is 35.5. The van der Waals surface area contributed by atoms with E-state index >= 15 is 0 Å². The van der Waals surface area contributed by atoms with Crippen molar-refractivity contribution in [3.8, 4) is 0 Å². The monoisotopic (exact) mass is 306 g/mol. The first-order valence-corrected chi connectivity index (χ1v) is 8.05. The quantitative estimate of drug-likeness (QED) is 0.786. The van der Waals surface area contributed by atoms with Crippen LogP contribution in [-0.4, -0.2) is 15.2 Å². The lowest BCUT2D eigenvalue weighted by Crippen LogP contribution is -2.23. The van der Waals surface area contributed by atoms with Gasteiger partial charge in [-0.15, -0.1) is 0 Å². The maximum absolute atomic E-state index is 12.3. The molecule has 2 aromatic carbocycles. The highest BCUT2D eigenvalue weighted by Gasteiger charge is 2.21. The van der Waals surface area contributed by atoms with E-state index < -0.39 is 16.0 Å². The second-order valence-corrected chi connectivity index (χ2v) is 6.72. The van der Waals surface area contributed by atoms with Crippen LogP contribution in [0, 0.1) is 0 Å². The lowest BCUT2D eigenvalue weighted by Gasteiger charge is -2.11. The Balaban J connectivity index is 2.09. The first-order chi connectivity index (χ1) is 9.58. The average Bonchev–Trinajstić information content (AvgIpc) is 2.46. The summed E-state index contributed by atoms with van der Waals surface area (Å²) in [6, 6.07) is 16.3. The largest absolute Gasteiger partial charge is 0.293 e. The number of halogens is 1. The highest BCUT2D eigenvalue weighted by Crippen LogP contribution is 2.16. The Morgan fingerprint density at radius 3 is 2.50 bits per heavy atom. The molecule has 0 saturated carbocycles. The van der Waals surface area contributed by atoms with Crippen molar-refractivity contribution in [1.29, 1.82) is 0 Å². The van der Waals surface area contributed by atoms with Gasteiger partial charge in [-0.1, -0.05) is 54.1 Å². The molecule has 0 saturated heterocycles. The average molecular weight is 307 g/mol. The van der Waals surface area contributed by atoms with Crippen molar-refractivity contribution in [2.45, 2.75) is 17.9 Å². The summed E-state index contributed by atoms with van der Waals surface area (Å²) in [6.07, 6.45) is 0. The Morgan fingerprint density at radius 1 is 1.15 bits per heavy atom. The third kappa shape index (κ3) is 3.78. The second kappa shape index (κ2) is 6.82. The number of ketones is 1. The molecule has 2 rings (SSSR count). The molecule has 0 radical (unpaired) electrons. The summed E-state index contributed by atoms with van der Waals surface area (Å²) < 4.78 is 12.3. The smallest absolute Gasteiger partial charge is 0.178 e. The SMILES string of the molecule is CC(C(=O)c1cccc(Cl)c1)S(=O)Cc1ccccc1. The summed E-state index contributed by atoms with van der Waals surface area (Å²) in [5.41, 5.74) is 1.47. The third-order valence-electron chi connectivity index (χ3n) is 3.02. The molecule has 0 amide bonds. The fraction of sp³-hybridized carbons (Fsp3) is 0.188. The molecule has 0 bridgehead atoms. The van der Waals surface area contributed by atoms with E-state index in [1.54, 1.807) is 31.2 Å². The van der Waals surface area contributed by atoms with Crippen molar-refractivity contribution in [1.82, 2.24) is 0 Å². The zero-order valence-electron chi connectivity index (χ0n) is 11.1. The molecule has 0 fully saturated rings. The number of Topliss-reactive ketones (excluding diaryl/α,β-unsaturated/α-hetero) is 1. The van der Waals surface area contributed by atoms with Gasteiger partial charge in [0.2, 0.25) is 0 Å². The molecule has 2 atom stereocenters. The van der Waals surface area contributed by atoms with E-state index in [1.807, 2.05) is 30.3 Å². The van der Waals surface area contributed by atoms with Gasteiger partial charge in [-0.2, -0.15) is 0 Å². The van der Waals surface area contributed by atoms with Crippen LogP contribution in [0.1, 0.15) is 22.8 Å². The molecule has 2 unspecified atom stereocenters. The van der Waals surface area contributed by atoms with Crippen molar-refractivity contribution in [2.24, 2.45) is 0 Å². The zero-order chi connectivity index (χ0) is 14.5. The molecule has 20 heavy (non-hydrogen) atoms. The Morgan fingerprint density at radius 2 is 1.85 bits per heavy atom. The maximum Gasteiger partial charge on any atom is 0.178 e. The standard InChI is InChI=1S/C16H15ClO2S/c1-12(16(18)14-8-5-9-15(17)10-14)20(19)11-13-6-3-2-4-7-13/h2-10,12H,11H2,1H3. The zero-order valence-corrected chi connectivity index (χ0v) is 12.7. The summed E-state index contributed by atoms with van der Waals surface area (Å²) in [5, 5.41) is -0.0365. The highest BCUT2D eigenvalue weighted by molar-refractivity contribution is 7.85. The van der Waals surface area contributed by atoms with Gasteiger partial charge in [0.05, 0.1) is 5.25 Å². The Bertz CT molecular complexity index is 625. The number of carbonyl (C=O) groups excluding carboxylic acids is 1. The van der Waals surface area contributed by atoms with Crippen molar-refractivity contribution in [3.63, 3.8) is 0 Å². The Labute approximate surface area is 126 Å². The third-order valence-corrected chi connectivity index (χ3v) is 4.88. The van der Waals surface area contributed by atoms with Crippen LogP contribution >= 0.6 is 11.6 Å². The Kier molecular flexibility index (Phi) is 5.10. The van der Waals surface area contributed by atoms with Crippen molar-refractivity contribution in [2.75, 3.05) is 0 Å². The van der Waals surface area contributed by atoms with Crippen LogP contribution in [0.3, 0.4) is 0 Å². The van der Waals surface area contributed by atoms with Crippen LogP contribution in [0.5, 0.6) is 0 Å². The van der Waals surface area contributed by atoms with Crippen LogP contribution in [-0.2, 0) is 16.6 Å². The summed E-state index contributed by atoms with van der Waals surface area (Å²) in [7, 11) is -1.25. The minimum Gasteiger partial charge on any atom is -0.293 e. The minimum absolute atomic E-state index is 0.137. The predicted molar refractivity (Wildman–Crippen MR) is 83.5 cm³/mol. The van der Waals surface area contributed by atoms with Crippen molar-refractivity contribution < 1.29 is 9.00 Å². The maximum atomic E-state index is 12.3. The van der Waals surface area contributed by atoms with E-state index in [0.717, 1.165) is 5.56 Å². The van der Waals surface area contributed by atoms with Gasteiger partial charge in [0.25, 0.3) is 0 Å². The molecule has 0 aliphatic carbocycles. The van der Waals surface area contributed by atoms with Crippen LogP contribution in [0.4, 0.5) is 0 Å². The number of hydrogen-bond donors (Lipinski definition) is 0. The van der Waals surface area contributed by atoms with Gasteiger partial charge in [0.15, 0.2) is 5.78 Å². The van der Waals surface area contributed by atoms with Crippen LogP contribution < -0.4 is 0 Å². The van der Waals surface area contributed by atoms with Crippen molar-refractivity contribution in [3.05, 3.63) is 70.7 Å². The molecule has 0 aliphatic rings. The second-order valence-electron chi connectivity index (χ2n) is 4.53. The van der Waals surface area contributed by atoms with Gasteiger partial charge in [-0.3, -0.25) is 9.00 Å². The van der Waals surface area contributed by atoms with Gasteiger partial charge in [-0.25, -0.2) is 0 Å². The molecule has 0 N–H and O–H groups in total. The van der Waals surface area contributed by atoms with Crippen LogP contribution in [0.25, 0.3) is 0 Å². The van der Waals surface area contributed by atoms with E-state index in [1.165, 1.54) is 0 Å². The molecular formula is C16H15ClO2S. The molecule has 2 nitrogen and oxygen atoms in total. The van der Waals surface area contributed by atoms with E-state index in [-0.39, 0.29) is 5.78 Å². The van der Waals surface area contributed by atoms with Gasteiger partial charge >= 0.3 is 0 Å². The lowest BCUT2D eigenvalue weighted by molar-refractivity contribution is 0.0992. The first kappa shape index (κ1) is 14.9. The molecule has 0 aromatic heterocycles. The van der Waals surface area contributed by atoms with Gasteiger partial charge in [-0.05, 0) is 24.6 Å². The molecule has 104 valence electrons. The molecule has 0 heterocycles.